The zero-order valence-corrected chi connectivity index (χ0v) is 17.8. The van der Waals surface area contributed by atoms with Gasteiger partial charge >= 0.3 is 0 Å². The van der Waals surface area contributed by atoms with Crippen molar-refractivity contribution in [3.05, 3.63) is 53.7 Å². The Labute approximate surface area is 180 Å². The van der Waals surface area contributed by atoms with E-state index >= 15 is 0 Å². The van der Waals surface area contributed by atoms with Crippen LogP contribution in [0.1, 0.15) is 19.3 Å². The van der Waals surface area contributed by atoms with Crippen LogP contribution in [0.3, 0.4) is 0 Å². The van der Waals surface area contributed by atoms with Gasteiger partial charge in [0.25, 0.3) is 0 Å². The van der Waals surface area contributed by atoms with E-state index in [0.29, 0.717) is 31.7 Å². The predicted octanol–water partition coefficient (Wildman–Crippen LogP) is 2.28. The van der Waals surface area contributed by atoms with Crippen LogP contribution in [0.15, 0.2) is 53.6 Å². The summed E-state index contributed by atoms with van der Waals surface area (Å²) in [6, 6.07) is 11.4. The zero-order valence-electron chi connectivity index (χ0n) is 16.3. The average Bonchev–Trinajstić information content (AvgIpc) is 2.74. The van der Waals surface area contributed by atoms with E-state index in [1.165, 1.54) is 12.1 Å². The van der Waals surface area contributed by atoms with Crippen LogP contribution in [0.5, 0.6) is 0 Å². The van der Waals surface area contributed by atoms with Gasteiger partial charge in [-0.05, 0) is 37.1 Å². The van der Waals surface area contributed by atoms with Crippen molar-refractivity contribution in [2.45, 2.75) is 24.2 Å². The van der Waals surface area contributed by atoms with Crippen molar-refractivity contribution in [2.24, 2.45) is 5.92 Å². The SMILES string of the molecule is O=C(Nc1ccccn1)C1CCN(C(=O)CCNS(=O)(=O)c2ccccc2Cl)CC1. The molecule has 1 aromatic carbocycles. The Bertz CT molecular complexity index is 993. The summed E-state index contributed by atoms with van der Waals surface area (Å²) in [6.07, 6.45) is 2.75. The highest BCUT2D eigenvalue weighted by Crippen LogP contribution is 2.21. The van der Waals surface area contributed by atoms with E-state index < -0.39 is 10.0 Å². The molecular formula is C20H23ClN4O4S. The fourth-order valence-electron chi connectivity index (χ4n) is 3.25. The van der Waals surface area contributed by atoms with Crippen LogP contribution in [0.4, 0.5) is 5.82 Å². The van der Waals surface area contributed by atoms with Crippen molar-refractivity contribution in [2.75, 3.05) is 25.0 Å². The van der Waals surface area contributed by atoms with Gasteiger partial charge in [-0.25, -0.2) is 18.1 Å². The monoisotopic (exact) mass is 450 g/mol. The second kappa shape index (κ2) is 10.0. The molecule has 0 atom stereocenters. The molecule has 0 unspecified atom stereocenters. The number of pyridine rings is 1. The number of nitrogens with one attached hydrogen (secondary N) is 2. The Morgan fingerprint density at radius 2 is 1.80 bits per heavy atom. The quantitative estimate of drug-likeness (QED) is 0.672. The first-order valence-corrected chi connectivity index (χ1v) is 11.5. The summed E-state index contributed by atoms with van der Waals surface area (Å²) >= 11 is 5.93. The number of hydrogen-bond donors (Lipinski definition) is 2. The van der Waals surface area contributed by atoms with Crippen LogP contribution in [0.2, 0.25) is 5.02 Å². The van der Waals surface area contributed by atoms with Crippen molar-refractivity contribution in [1.82, 2.24) is 14.6 Å². The number of amides is 2. The largest absolute Gasteiger partial charge is 0.343 e. The number of rotatable bonds is 7. The van der Waals surface area contributed by atoms with E-state index in [1.807, 2.05) is 0 Å². The first-order valence-electron chi connectivity index (χ1n) is 9.60. The molecule has 3 rings (SSSR count). The minimum absolute atomic E-state index is 0.0150. The van der Waals surface area contributed by atoms with E-state index in [1.54, 1.807) is 41.4 Å². The van der Waals surface area contributed by atoms with Crippen molar-refractivity contribution in [3.63, 3.8) is 0 Å². The van der Waals surface area contributed by atoms with Crippen molar-refractivity contribution < 1.29 is 18.0 Å². The highest BCUT2D eigenvalue weighted by molar-refractivity contribution is 7.89. The molecule has 0 radical (unpaired) electrons. The Balaban J connectivity index is 1.43. The van der Waals surface area contributed by atoms with E-state index in [0.717, 1.165) is 0 Å². The highest BCUT2D eigenvalue weighted by atomic mass is 35.5. The van der Waals surface area contributed by atoms with Gasteiger partial charge < -0.3 is 10.2 Å². The maximum atomic E-state index is 12.4. The van der Waals surface area contributed by atoms with Crippen LogP contribution in [0, 0.1) is 5.92 Å². The molecule has 1 saturated heterocycles. The molecule has 10 heteroatoms. The highest BCUT2D eigenvalue weighted by Gasteiger charge is 2.27. The Hall–Kier alpha value is -2.49. The summed E-state index contributed by atoms with van der Waals surface area (Å²) < 4.78 is 27.0. The third kappa shape index (κ3) is 5.78. The smallest absolute Gasteiger partial charge is 0.242 e. The molecule has 30 heavy (non-hydrogen) atoms. The van der Waals surface area contributed by atoms with E-state index in [9.17, 15) is 18.0 Å². The van der Waals surface area contributed by atoms with Crippen LogP contribution >= 0.6 is 11.6 Å². The Morgan fingerprint density at radius 3 is 2.47 bits per heavy atom. The normalized spacial score (nSPS) is 15.0. The number of halogens is 1. The molecule has 2 aromatic rings. The first-order chi connectivity index (χ1) is 14.4. The summed E-state index contributed by atoms with van der Waals surface area (Å²) in [5.41, 5.74) is 0. The number of carbonyl (C=O) groups excluding carboxylic acids is 2. The molecule has 0 bridgehead atoms. The van der Waals surface area contributed by atoms with Gasteiger partial charge in [-0.3, -0.25) is 9.59 Å². The number of aromatic nitrogens is 1. The summed E-state index contributed by atoms with van der Waals surface area (Å²) in [6.45, 7) is 0.888. The van der Waals surface area contributed by atoms with Crippen molar-refractivity contribution >= 4 is 39.3 Å². The maximum Gasteiger partial charge on any atom is 0.242 e. The molecule has 2 N–H and O–H groups in total. The minimum atomic E-state index is -3.78. The van der Waals surface area contributed by atoms with Crippen molar-refractivity contribution in [1.29, 1.82) is 0 Å². The van der Waals surface area contributed by atoms with Crippen LogP contribution in [0.25, 0.3) is 0 Å². The van der Waals surface area contributed by atoms with Crippen LogP contribution in [-0.4, -0.2) is 49.8 Å². The number of benzene rings is 1. The first kappa shape index (κ1) is 22.2. The number of nitrogens with zero attached hydrogens (tertiary/aromatic N) is 2. The predicted molar refractivity (Wildman–Crippen MR) is 113 cm³/mol. The Morgan fingerprint density at radius 1 is 1.10 bits per heavy atom. The molecule has 1 aromatic heterocycles. The summed E-state index contributed by atoms with van der Waals surface area (Å²) in [5.74, 6) is 0.0651. The fraction of sp³-hybridized carbons (Fsp3) is 0.350. The lowest BCUT2D eigenvalue weighted by Gasteiger charge is -2.31. The molecule has 1 fully saturated rings. The number of sulfonamides is 1. The standard InChI is InChI=1S/C20H23ClN4O4S/c21-16-5-1-2-6-17(16)30(28,29)23-12-8-19(26)25-13-9-15(10-14-25)20(27)24-18-7-3-4-11-22-18/h1-7,11,15,23H,8-10,12-14H2,(H,22,24,27). The molecule has 0 saturated carbocycles. The van der Waals surface area contributed by atoms with Gasteiger partial charge in [0.1, 0.15) is 10.7 Å². The van der Waals surface area contributed by atoms with Gasteiger partial charge in [-0.1, -0.05) is 29.8 Å². The molecular weight excluding hydrogens is 428 g/mol. The summed E-state index contributed by atoms with van der Waals surface area (Å²) in [5, 5.41) is 2.91. The van der Waals surface area contributed by atoms with Gasteiger partial charge in [-0.15, -0.1) is 0 Å². The third-order valence-electron chi connectivity index (χ3n) is 4.89. The van der Waals surface area contributed by atoms with Gasteiger partial charge in [-0.2, -0.15) is 0 Å². The number of likely N-dealkylation sites (tertiary alicyclic amines) is 1. The fourth-order valence-corrected chi connectivity index (χ4v) is 4.80. The molecule has 8 nitrogen and oxygen atoms in total. The molecule has 2 heterocycles. The lowest BCUT2D eigenvalue weighted by Crippen LogP contribution is -2.42. The number of carbonyl (C=O) groups is 2. The lowest BCUT2D eigenvalue weighted by atomic mass is 9.95. The maximum absolute atomic E-state index is 12.4. The Kier molecular flexibility index (Phi) is 7.41. The number of hydrogen-bond acceptors (Lipinski definition) is 5. The van der Waals surface area contributed by atoms with Gasteiger partial charge in [0.2, 0.25) is 21.8 Å². The molecule has 0 spiro atoms. The summed E-state index contributed by atoms with van der Waals surface area (Å²) in [4.78, 5) is 30.5. The van der Waals surface area contributed by atoms with Crippen LogP contribution < -0.4 is 10.0 Å². The topological polar surface area (TPSA) is 108 Å². The number of anilines is 1. The third-order valence-corrected chi connectivity index (χ3v) is 6.85. The molecule has 160 valence electrons. The average molecular weight is 451 g/mol. The van der Waals surface area contributed by atoms with E-state index in [4.69, 9.17) is 11.6 Å². The molecule has 1 aliphatic heterocycles. The zero-order chi connectivity index (χ0) is 21.6. The number of piperidine rings is 1. The second-order valence-electron chi connectivity index (χ2n) is 6.94. The van der Waals surface area contributed by atoms with E-state index in [-0.39, 0.29) is 40.6 Å². The molecule has 2 amide bonds. The van der Waals surface area contributed by atoms with Gasteiger partial charge in [0.15, 0.2) is 0 Å². The van der Waals surface area contributed by atoms with Gasteiger partial charge in [0.05, 0.1) is 5.02 Å². The minimum Gasteiger partial charge on any atom is -0.343 e. The van der Waals surface area contributed by atoms with Crippen molar-refractivity contribution in [3.8, 4) is 0 Å². The molecule has 0 aliphatic carbocycles. The second-order valence-corrected chi connectivity index (χ2v) is 9.08. The van der Waals surface area contributed by atoms with E-state index in [2.05, 4.69) is 15.0 Å². The van der Waals surface area contributed by atoms with Gasteiger partial charge in [0, 0.05) is 38.2 Å². The lowest BCUT2D eigenvalue weighted by molar-refractivity contribution is -0.134. The summed E-state index contributed by atoms with van der Waals surface area (Å²) in [7, 11) is -3.78. The molecule has 1 aliphatic rings. The van der Waals surface area contributed by atoms with Crippen LogP contribution in [-0.2, 0) is 19.6 Å².